The molecule has 20 heavy (non-hydrogen) atoms. The molecule has 1 unspecified atom stereocenters. The average Bonchev–Trinajstić information content (AvgIpc) is 2.44. The predicted octanol–water partition coefficient (Wildman–Crippen LogP) is 1.01. The summed E-state index contributed by atoms with van der Waals surface area (Å²) in [6.07, 6.45) is 2.31. The van der Waals surface area contributed by atoms with E-state index in [9.17, 15) is 4.79 Å². The molecule has 0 aromatic rings. The highest BCUT2D eigenvalue weighted by atomic mass is 32.1. The van der Waals surface area contributed by atoms with Gasteiger partial charge in [-0.3, -0.25) is 9.69 Å². The maximum Gasteiger partial charge on any atom is 0.222 e. The van der Waals surface area contributed by atoms with Crippen LogP contribution in [0.3, 0.4) is 0 Å². The van der Waals surface area contributed by atoms with Gasteiger partial charge in [-0.05, 0) is 19.8 Å². The maximum absolute atomic E-state index is 12.0. The first kappa shape index (κ1) is 17.3. The van der Waals surface area contributed by atoms with Gasteiger partial charge >= 0.3 is 0 Å². The molecule has 1 heterocycles. The molecule has 2 N–H and O–H groups in total. The second-order valence-corrected chi connectivity index (χ2v) is 5.52. The van der Waals surface area contributed by atoms with Crippen molar-refractivity contribution in [1.29, 1.82) is 0 Å². The Morgan fingerprint density at radius 2 is 1.95 bits per heavy atom. The molecule has 0 saturated carbocycles. The maximum atomic E-state index is 12.0. The van der Waals surface area contributed by atoms with Crippen molar-refractivity contribution in [2.24, 2.45) is 5.73 Å². The topological polar surface area (TPSA) is 58.8 Å². The van der Waals surface area contributed by atoms with Gasteiger partial charge in [-0.2, -0.15) is 0 Å². The first-order valence-electron chi connectivity index (χ1n) is 7.49. The molecule has 0 aliphatic carbocycles. The fourth-order valence-corrected chi connectivity index (χ4v) is 2.87. The quantitative estimate of drug-likeness (QED) is 0.536. The van der Waals surface area contributed by atoms with Crippen molar-refractivity contribution < 1.29 is 9.53 Å². The minimum Gasteiger partial charge on any atom is -0.392 e. The lowest BCUT2D eigenvalue weighted by molar-refractivity contribution is -0.133. The fraction of sp³-hybridized carbons (Fsp3) is 0.857. The molecule has 116 valence electrons. The number of rotatable bonds is 8. The van der Waals surface area contributed by atoms with Crippen LogP contribution in [0.5, 0.6) is 0 Å². The molecule has 0 bridgehead atoms. The normalized spacial score (nSPS) is 18.0. The number of carbonyl (C=O) groups excluding carboxylic acids is 1. The summed E-state index contributed by atoms with van der Waals surface area (Å²) in [5.74, 6) is 0.229. The Hall–Kier alpha value is -0.720. The Morgan fingerprint density at radius 1 is 1.30 bits per heavy atom. The third-order valence-corrected chi connectivity index (χ3v) is 3.98. The van der Waals surface area contributed by atoms with Gasteiger partial charge in [0, 0.05) is 45.8 Å². The lowest BCUT2D eigenvalue weighted by Crippen LogP contribution is -2.54. The van der Waals surface area contributed by atoms with Crippen molar-refractivity contribution in [2.75, 3.05) is 39.4 Å². The van der Waals surface area contributed by atoms with Crippen LogP contribution in [-0.4, -0.2) is 66.1 Å². The van der Waals surface area contributed by atoms with Crippen LogP contribution in [0.25, 0.3) is 0 Å². The first-order chi connectivity index (χ1) is 9.60. The third kappa shape index (κ3) is 5.34. The van der Waals surface area contributed by atoms with Crippen molar-refractivity contribution in [3.05, 3.63) is 0 Å². The number of nitrogens with zero attached hydrogens (tertiary/aromatic N) is 2. The Morgan fingerprint density at radius 3 is 2.45 bits per heavy atom. The van der Waals surface area contributed by atoms with E-state index in [1.807, 2.05) is 11.8 Å². The summed E-state index contributed by atoms with van der Waals surface area (Å²) in [5.41, 5.74) is 5.76. The molecular weight excluding hydrogens is 274 g/mol. The summed E-state index contributed by atoms with van der Waals surface area (Å²) in [6, 6.07) is 0.167. The number of piperazine rings is 1. The number of nitrogens with two attached hydrogens (primary N) is 1. The van der Waals surface area contributed by atoms with Gasteiger partial charge in [0.2, 0.25) is 5.91 Å². The van der Waals surface area contributed by atoms with Gasteiger partial charge in [-0.1, -0.05) is 19.1 Å². The second-order valence-electron chi connectivity index (χ2n) is 5.04. The molecule has 5 nitrogen and oxygen atoms in total. The number of hydrogen-bond acceptors (Lipinski definition) is 4. The van der Waals surface area contributed by atoms with Gasteiger partial charge in [0.1, 0.15) is 0 Å². The van der Waals surface area contributed by atoms with E-state index in [1.165, 1.54) is 0 Å². The number of ether oxygens (including phenoxy) is 1. The zero-order valence-corrected chi connectivity index (χ0v) is 13.5. The summed E-state index contributed by atoms with van der Waals surface area (Å²) in [6.45, 7) is 8.69. The number of thiocarbonyl (C=S) groups is 1. The van der Waals surface area contributed by atoms with Gasteiger partial charge in [-0.25, -0.2) is 0 Å². The zero-order valence-electron chi connectivity index (χ0n) is 12.6. The van der Waals surface area contributed by atoms with Crippen LogP contribution < -0.4 is 5.73 Å². The van der Waals surface area contributed by atoms with Crippen molar-refractivity contribution in [3.63, 3.8) is 0 Å². The third-order valence-electron chi connectivity index (χ3n) is 3.71. The summed E-state index contributed by atoms with van der Waals surface area (Å²) in [5, 5.41) is 0. The molecular formula is C14H27N3O2S. The molecule has 1 aliphatic rings. The minimum absolute atomic E-state index is 0.167. The summed E-state index contributed by atoms with van der Waals surface area (Å²) < 4.78 is 5.25. The lowest BCUT2D eigenvalue weighted by atomic mass is 10.1. The molecule has 1 rings (SSSR count). The molecule has 0 aromatic carbocycles. The van der Waals surface area contributed by atoms with Crippen molar-refractivity contribution in [2.45, 2.75) is 39.2 Å². The molecule has 1 fully saturated rings. The molecule has 1 atom stereocenters. The van der Waals surface area contributed by atoms with E-state index < -0.39 is 0 Å². The van der Waals surface area contributed by atoms with E-state index >= 15 is 0 Å². The van der Waals surface area contributed by atoms with E-state index in [4.69, 9.17) is 22.7 Å². The minimum atomic E-state index is 0.167. The second kappa shape index (κ2) is 9.26. The average molecular weight is 301 g/mol. The fourth-order valence-electron chi connectivity index (χ4n) is 2.55. The van der Waals surface area contributed by atoms with E-state index in [0.717, 1.165) is 39.0 Å². The molecule has 0 spiro atoms. The van der Waals surface area contributed by atoms with Crippen LogP contribution in [-0.2, 0) is 9.53 Å². The Balaban J connectivity index is 2.30. The van der Waals surface area contributed by atoms with E-state index in [0.29, 0.717) is 24.6 Å². The van der Waals surface area contributed by atoms with Crippen LogP contribution in [0, 0.1) is 0 Å². The smallest absolute Gasteiger partial charge is 0.222 e. The van der Waals surface area contributed by atoms with Crippen molar-refractivity contribution in [1.82, 2.24) is 9.80 Å². The number of amides is 1. The molecule has 1 amide bonds. The SMILES string of the molecule is CCOCCCC(=O)N1CCN(C(CC)C(N)=S)CC1. The predicted molar refractivity (Wildman–Crippen MR) is 84.7 cm³/mol. The Bertz CT molecular complexity index is 318. The van der Waals surface area contributed by atoms with Gasteiger partial charge in [-0.15, -0.1) is 0 Å². The highest BCUT2D eigenvalue weighted by Gasteiger charge is 2.26. The summed E-state index contributed by atoms with van der Waals surface area (Å²) in [4.78, 5) is 16.8. The first-order valence-corrected chi connectivity index (χ1v) is 7.89. The molecule has 6 heteroatoms. The van der Waals surface area contributed by atoms with E-state index in [1.54, 1.807) is 0 Å². The van der Waals surface area contributed by atoms with Crippen molar-refractivity contribution in [3.8, 4) is 0 Å². The Kier molecular flexibility index (Phi) is 8.02. The molecule has 0 aromatic heterocycles. The van der Waals surface area contributed by atoms with Crippen molar-refractivity contribution >= 4 is 23.1 Å². The lowest BCUT2D eigenvalue weighted by Gasteiger charge is -2.38. The van der Waals surface area contributed by atoms with E-state index in [-0.39, 0.29) is 11.9 Å². The molecule has 1 saturated heterocycles. The highest BCUT2D eigenvalue weighted by molar-refractivity contribution is 7.80. The van der Waals surface area contributed by atoms with Gasteiger partial charge in [0.15, 0.2) is 0 Å². The molecule has 0 radical (unpaired) electrons. The monoisotopic (exact) mass is 301 g/mol. The van der Waals surface area contributed by atoms with Crippen LogP contribution in [0.1, 0.15) is 33.1 Å². The Labute approximate surface area is 127 Å². The number of carbonyl (C=O) groups is 1. The zero-order chi connectivity index (χ0) is 15.0. The largest absolute Gasteiger partial charge is 0.392 e. The van der Waals surface area contributed by atoms with E-state index in [2.05, 4.69) is 11.8 Å². The number of hydrogen-bond donors (Lipinski definition) is 1. The van der Waals surface area contributed by atoms with Crippen LogP contribution >= 0.6 is 12.2 Å². The van der Waals surface area contributed by atoms with Crippen LogP contribution in [0.4, 0.5) is 0 Å². The van der Waals surface area contributed by atoms with Crippen LogP contribution in [0.2, 0.25) is 0 Å². The summed E-state index contributed by atoms with van der Waals surface area (Å²) >= 11 is 5.10. The summed E-state index contributed by atoms with van der Waals surface area (Å²) in [7, 11) is 0. The standard InChI is InChI=1S/C14H27N3O2S/c1-3-12(14(15)20)16-7-9-17(10-8-16)13(18)6-5-11-19-4-2/h12H,3-11H2,1-2H3,(H2,15,20). The van der Waals surface area contributed by atoms with Gasteiger partial charge in [0.05, 0.1) is 11.0 Å². The highest BCUT2D eigenvalue weighted by Crippen LogP contribution is 2.11. The molecule has 1 aliphatic heterocycles. The van der Waals surface area contributed by atoms with Gasteiger partial charge in [0.25, 0.3) is 0 Å². The van der Waals surface area contributed by atoms with Crippen LogP contribution in [0.15, 0.2) is 0 Å². The van der Waals surface area contributed by atoms with Gasteiger partial charge < -0.3 is 15.4 Å².